The Morgan fingerprint density at radius 2 is 0.934 bits per heavy atom. The fraction of sp³-hybridized carbons (Fsp3) is 0.0169. The van der Waals surface area contributed by atoms with Gasteiger partial charge in [-0.15, -0.1) is 0 Å². The molecule has 1 aliphatic heterocycles. The first-order valence-electron chi connectivity index (χ1n) is 21.0. The van der Waals surface area contributed by atoms with E-state index in [-0.39, 0.29) is 0 Å². The molecular weight excluding hydrogens is 758 g/mol. The summed E-state index contributed by atoms with van der Waals surface area (Å²) in [5.41, 5.74) is 20.4. The summed E-state index contributed by atoms with van der Waals surface area (Å²) in [6, 6.07) is 80.8. The second-order valence-corrected chi connectivity index (χ2v) is 16.9. The van der Waals surface area contributed by atoms with Crippen LogP contribution in [-0.4, -0.2) is 4.57 Å². The number of rotatable bonds is 5. The number of aromatic nitrogens is 1. The van der Waals surface area contributed by atoms with Gasteiger partial charge >= 0.3 is 0 Å². The minimum atomic E-state index is -0.624. The highest BCUT2D eigenvalue weighted by Crippen LogP contribution is 2.63. The van der Waals surface area contributed by atoms with Gasteiger partial charge in [0.2, 0.25) is 0 Å². The first-order chi connectivity index (χ1) is 30.2. The van der Waals surface area contributed by atoms with Gasteiger partial charge in [-0.25, -0.2) is 0 Å². The summed E-state index contributed by atoms with van der Waals surface area (Å²) in [5.74, 6) is 0. The highest BCUT2D eigenvalue weighted by molar-refractivity contribution is 6.31. The molecule has 2 aliphatic rings. The Morgan fingerprint density at radius 1 is 0.361 bits per heavy atom. The molecule has 13 rings (SSSR count). The number of hydrogen-bond acceptors (Lipinski definition) is 0. The van der Waals surface area contributed by atoms with Gasteiger partial charge in [0, 0.05) is 26.9 Å². The van der Waals surface area contributed by atoms with E-state index in [2.05, 4.69) is 217 Å². The molecule has 10 aromatic carbocycles. The molecule has 1 aliphatic carbocycles. The van der Waals surface area contributed by atoms with Gasteiger partial charge in [-0.05, 0) is 108 Å². The summed E-state index contributed by atoms with van der Waals surface area (Å²) in [6.07, 6.45) is 0. The Morgan fingerprint density at radius 3 is 1.66 bits per heavy atom. The molecular formula is C59H36ClN. The molecule has 0 N–H and O–H groups in total. The zero-order valence-corrected chi connectivity index (χ0v) is 33.9. The third kappa shape index (κ3) is 4.84. The minimum absolute atomic E-state index is 0.624. The van der Waals surface area contributed by atoms with Crippen molar-refractivity contribution in [2.24, 2.45) is 0 Å². The Hall–Kier alpha value is -7.45. The molecule has 0 radical (unpaired) electrons. The maximum atomic E-state index is 6.61. The van der Waals surface area contributed by atoms with Crippen LogP contribution in [0.2, 0.25) is 5.02 Å². The highest BCUT2D eigenvalue weighted by atomic mass is 35.5. The lowest BCUT2D eigenvalue weighted by atomic mass is 9.67. The van der Waals surface area contributed by atoms with E-state index in [9.17, 15) is 0 Å². The number of nitrogens with zero attached hydrogens (tertiary/aromatic N) is 1. The van der Waals surface area contributed by atoms with E-state index < -0.39 is 5.41 Å². The van der Waals surface area contributed by atoms with Gasteiger partial charge in [-0.2, -0.15) is 0 Å². The Balaban J connectivity index is 1.19. The molecule has 0 spiro atoms. The summed E-state index contributed by atoms with van der Waals surface area (Å²) < 4.78 is 2.56. The van der Waals surface area contributed by atoms with Gasteiger partial charge in [0.15, 0.2) is 0 Å². The SMILES string of the molecule is Clc1ccc2ccc(-c3ccc4c5c3-c3ccccc3-n3c6ccccc6c6ccc(c-5c63)C4(c3ccc(-c4ccccc4)cc3)c3ccc(-c4ccccc4)cc3)cc2c1. The maximum Gasteiger partial charge on any atom is 0.0714 e. The molecule has 1 nitrogen and oxygen atoms in total. The van der Waals surface area contributed by atoms with Crippen molar-refractivity contribution in [3.63, 3.8) is 0 Å². The molecule has 0 unspecified atom stereocenters. The predicted octanol–water partition coefficient (Wildman–Crippen LogP) is 15.9. The highest BCUT2D eigenvalue weighted by Gasteiger charge is 2.49. The summed E-state index contributed by atoms with van der Waals surface area (Å²) in [4.78, 5) is 0. The maximum absolute atomic E-state index is 6.61. The molecule has 0 fully saturated rings. The zero-order chi connectivity index (χ0) is 40.2. The second kappa shape index (κ2) is 13.0. The molecule has 0 amide bonds. The summed E-state index contributed by atoms with van der Waals surface area (Å²) in [7, 11) is 0. The van der Waals surface area contributed by atoms with Crippen molar-refractivity contribution in [1.82, 2.24) is 4.57 Å². The van der Waals surface area contributed by atoms with Crippen LogP contribution < -0.4 is 0 Å². The average molecular weight is 794 g/mol. The van der Waals surface area contributed by atoms with Gasteiger partial charge in [0.1, 0.15) is 0 Å². The monoisotopic (exact) mass is 793 g/mol. The van der Waals surface area contributed by atoms with Crippen LogP contribution in [0.4, 0.5) is 0 Å². The van der Waals surface area contributed by atoms with Crippen molar-refractivity contribution >= 4 is 44.2 Å². The van der Waals surface area contributed by atoms with Crippen LogP contribution in [0.3, 0.4) is 0 Å². The summed E-state index contributed by atoms with van der Waals surface area (Å²) in [5, 5.41) is 5.58. The molecule has 0 atom stereocenters. The molecule has 2 heteroatoms. The van der Waals surface area contributed by atoms with Crippen molar-refractivity contribution in [2.75, 3.05) is 0 Å². The molecule has 1 aromatic heterocycles. The lowest BCUT2D eigenvalue weighted by Crippen LogP contribution is -2.28. The van der Waals surface area contributed by atoms with Gasteiger partial charge in [-0.1, -0.05) is 200 Å². The fourth-order valence-corrected chi connectivity index (χ4v) is 11.0. The Bertz CT molecular complexity index is 3480. The smallest absolute Gasteiger partial charge is 0.0714 e. The van der Waals surface area contributed by atoms with Crippen molar-refractivity contribution in [2.45, 2.75) is 5.41 Å². The topological polar surface area (TPSA) is 4.93 Å². The van der Waals surface area contributed by atoms with Crippen molar-refractivity contribution in [3.05, 3.63) is 246 Å². The minimum Gasteiger partial charge on any atom is -0.308 e. The fourth-order valence-electron chi connectivity index (χ4n) is 10.9. The molecule has 0 saturated carbocycles. The third-order valence-electron chi connectivity index (χ3n) is 13.5. The van der Waals surface area contributed by atoms with Crippen molar-refractivity contribution < 1.29 is 0 Å². The quantitative estimate of drug-likeness (QED) is 0.164. The number of para-hydroxylation sites is 2. The van der Waals surface area contributed by atoms with Crippen LogP contribution in [-0.2, 0) is 5.41 Å². The third-order valence-corrected chi connectivity index (χ3v) is 13.7. The van der Waals surface area contributed by atoms with Crippen LogP contribution in [0.15, 0.2) is 218 Å². The van der Waals surface area contributed by atoms with Crippen LogP contribution in [0.25, 0.3) is 93.9 Å². The van der Waals surface area contributed by atoms with Crippen LogP contribution in [0.5, 0.6) is 0 Å². The van der Waals surface area contributed by atoms with E-state index in [0.717, 1.165) is 10.4 Å². The average Bonchev–Trinajstić information content (AvgIpc) is 3.78. The first-order valence-corrected chi connectivity index (χ1v) is 21.4. The van der Waals surface area contributed by atoms with E-state index >= 15 is 0 Å². The van der Waals surface area contributed by atoms with E-state index in [1.165, 1.54) is 111 Å². The van der Waals surface area contributed by atoms with Gasteiger partial charge < -0.3 is 4.57 Å². The van der Waals surface area contributed by atoms with Crippen molar-refractivity contribution in [1.29, 1.82) is 0 Å². The normalized spacial score (nSPS) is 13.1. The Labute approximate surface area is 359 Å². The van der Waals surface area contributed by atoms with Crippen LogP contribution in [0, 0.1) is 0 Å². The van der Waals surface area contributed by atoms with Gasteiger partial charge in [0.05, 0.1) is 22.1 Å². The van der Waals surface area contributed by atoms with Crippen LogP contribution in [0.1, 0.15) is 22.3 Å². The molecule has 61 heavy (non-hydrogen) atoms. The first kappa shape index (κ1) is 34.4. The molecule has 2 heterocycles. The van der Waals surface area contributed by atoms with Crippen molar-refractivity contribution in [3.8, 4) is 61.3 Å². The summed E-state index contributed by atoms with van der Waals surface area (Å²) in [6.45, 7) is 0. The molecule has 0 saturated heterocycles. The largest absolute Gasteiger partial charge is 0.308 e. The van der Waals surface area contributed by atoms with E-state index in [0.29, 0.717) is 0 Å². The number of halogens is 1. The predicted molar refractivity (Wildman–Crippen MR) is 256 cm³/mol. The molecule has 11 aromatic rings. The van der Waals surface area contributed by atoms with Gasteiger partial charge in [0.25, 0.3) is 0 Å². The van der Waals surface area contributed by atoms with E-state index in [1.54, 1.807) is 0 Å². The number of hydrogen-bond donors (Lipinski definition) is 0. The lowest BCUT2D eigenvalue weighted by molar-refractivity contribution is 0.769. The number of fused-ring (bicyclic) bond motifs is 7. The molecule has 284 valence electrons. The lowest BCUT2D eigenvalue weighted by Gasteiger charge is -2.35. The zero-order valence-electron chi connectivity index (χ0n) is 33.1. The number of benzene rings is 10. The summed E-state index contributed by atoms with van der Waals surface area (Å²) >= 11 is 6.61. The second-order valence-electron chi connectivity index (χ2n) is 16.5. The van der Waals surface area contributed by atoms with E-state index in [1.807, 2.05) is 6.07 Å². The Kier molecular flexibility index (Phi) is 7.35. The van der Waals surface area contributed by atoms with Gasteiger partial charge in [-0.3, -0.25) is 0 Å². The molecule has 0 bridgehead atoms. The van der Waals surface area contributed by atoms with Crippen LogP contribution >= 0.6 is 11.6 Å². The van der Waals surface area contributed by atoms with E-state index in [4.69, 9.17) is 11.6 Å². The standard InChI is InChI=1S/C59H36ClN/c60-46-30-25-41-19-20-42(35-43(41)36-46)47-31-33-51-56-55(47)50-16-8-10-18-54(50)61-53-17-9-7-15-48(53)49-32-34-52(57(56)58(49)61)59(51,44-26-21-39(22-27-44)37-11-3-1-4-12-37)45-28-23-40(24-29-45)38-13-5-2-6-14-38/h1-36H.